The minimum Gasteiger partial charge on any atom is -0.396 e. The summed E-state index contributed by atoms with van der Waals surface area (Å²) in [6.07, 6.45) is 5.44. The molecule has 0 aliphatic carbocycles. The summed E-state index contributed by atoms with van der Waals surface area (Å²) in [7, 11) is 0. The molecule has 1 aliphatic heterocycles. The quantitative estimate of drug-likeness (QED) is 0.800. The van der Waals surface area contributed by atoms with Gasteiger partial charge < -0.3 is 15.3 Å². The first-order valence-electron chi connectivity index (χ1n) is 7.57. The van der Waals surface area contributed by atoms with E-state index in [1.54, 1.807) is 0 Å². The van der Waals surface area contributed by atoms with Crippen LogP contribution in [0.2, 0.25) is 0 Å². The van der Waals surface area contributed by atoms with E-state index in [4.69, 9.17) is 5.11 Å². The molecule has 1 saturated heterocycles. The fourth-order valence-electron chi connectivity index (χ4n) is 2.61. The van der Waals surface area contributed by atoms with Crippen molar-refractivity contribution in [3.8, 4) is 0 Å². The molecule has 1 atom stereocenters. The molecule has 0 radical (unpaired) electrons. The topological polar surface area (TPSA) is 52.6 Å². The molecule has 0 aromatic carbocycles. The maximum Gasteiger partial charge on any atom is 0.236 e. The Bertz CT molecular complexity index is 266. The van der Waals surface area contributed by atoms with Crippen LogP contribution in [0.1, 0.15) is 52.9 Å². The highest BCUT2D eigenvalue weighted by Gasteiger charge is 2.25. The van der Waals surface area contributed by atoms with Crippen molar-refractivity contribution in [2.45, 2.75) is 58.9 Å². The Morgan fingerprint density at radius 1 is 1.21 bits per heavy atom. The summed E-state index contributed by atoms with van der Waals surface area (Å²) < 4.78 is 0. The van der Waals surface area contributed by atoms with E-state index in [0.29, 0.717) is 13.0 Å². The number of aliphatic hydroxyl groups excluding tert-OH is 1. The Kier molecular flexibility index (Phi) is 6.80. The van der Waals surface area contributed by atoms with Crippen LogP contribution in [0.25, 0.3) is 0 Å². The van der Waals surface area contributed by atoms with Crippen LogP contribution in [-0.4, -0.2) is 48.2 Å². The van der Waals surface area contributed by atoms with E-state index in [1.807, 2.05) is 4.90 Å². The third-order valence-corrected chi connectivity index (χ3v) is 3.92. The number of carbonyl (C=O) groups is 1. The van der Waals surface area contributed by atoms with Gasteiger partial charge in [0.25, 0.3) is 0 Å². The Morgan fingerprint density at radius 3 is 2.26 bits per heavy atom. The molecule has 0 aromatic heterocycles. The van der Waals surface area contributed by atoms with Crippen LogP contribution in [-0.2, 0) is 4.79 Å². The zero-order valence-corrected chi connectivity index (χ0v) is 12.7. The van der Waals surface area contributed by atoms with Crippen molar-refractivity contribution in [2.24, 2.45) is 5.41 Å². The highest BCUT2D eigenvalue weighted by atomic mass is 16.3. The third kappa shape index (κ3) is 5.91. The Hall–Kier alpha value is -0.610. The summed E-state index contributed by atoms with van der Waals surface area (Å²) in [5, 5.41) is 12.4. The highest BCUT2D eigenvalue weighted by molar-refractivity contribution is 5.78. The fraction of sp³-hybridized carbons (Fsp3) is 0.933. The molecule has 0 aromatic rings. The van der Waals surface area contributed by atoms with Crippen LogP contribution in [0, 0.1) is 5.41 Å². The number of hydrogen-bond acceptors (Lipinski definition) is 3. The van der Waals surface area contributed by atoms with Crippen LogP contribution < -0.4 is 5.32 Å². The van der Waals surface area contributed by atoms with Crippen molar-refractivity contribution in [3.63, 3.8) is 0 Å². The average molecular weight is 270 g/mol. The van der Waals surface area contributed by atoms with Gasteiger partial charge >= 0.3 is 0 Å². The predicted octanol–water partition coefficient (Wildman–Crippen LogP) is 1.78. The van der Waals surface area contributed by atoms with E-state index in [9.17, 15) is 4.79 Å². The zero-order valence-electron chi connectivity index (χ0n) is 12.7. The van der Waals surface area contributed by atoms with Gasteiger partial charge in [-0.1, -0.05) is 33.6 Å². The number of hydrogen-bond donors (Lipinski definition) is 2. The van der Waals surface area contributed by atoms with E-state index in [-0.39, 0.29) is 24.0 Å². The van der Waals surface area contributed by atoms with Crippen molar-refractivity contribution in [2.75, 3.05) is 26.2 Å². The fourth-order valence-corrected chi connectivity index (χ4v) is 2.61. The number of aliphatic hydroxyl groups is 1. The zero-order chi connectivity index (χ0) is 14.3. The van der Waals surface area contributed by atoms with Gasteiger partial charge in [0.15, 0.2) is 0 Å². The second-order valence-corrected chi connectivity index (χ2v) is 6.61. The number of nitrogens with one attached hydrogen (secondary N) is 1. The molecule has 19 heavy (non-hydrogen) atoms. The van der Waals surface area contributed by atoms with E-state index in [2.05, 4.69) is 26.1 Å². The van der Waals surface area contributed by atoms with Gasteiger partial charge in [0, 0.05) is 25.7 Å². The number of carbonyl (C=O) groups excluding carboxylic acids is 1. The van der Waals surface area contributed by atoms with Gasteiger partial charge in [0.05, 0.1) is 6.54 Å². The van der Waals surface area contributed by atoms with E-state index >= 15 is 0 Å². The summed E-state index contributed by atoms with van der Waals surface area (Å²) in [5.41, 5.74) is 0.0573. The normalized spacial score (nSPS) is 19.1. The molecule has 1 unspecified atom stereocenters. The predicted molar refractivity (Wildman–Crippen MR) is 78.0 cm³/mol. The molecular formula is C15H30N2O2. The number of likely N-dealkylation sites (tertiary alicyclic amines) is 1. The molecule has 0 saturated carbocycles. The van der Waals surface area contributed by atoms with Crippen molar-refractivity contribution >= 4 is 5.91 Å². The summed E-state index contributed by atoms with van der Waals surface area (Å²) in [5.74, 6) is 0.203. The molecule has 112 valence electrons. The molecule has 1 rings (SSSR count). The molecule has 1 heterocycles. The van der Waals surface area contributed by atoms with Crippen LogP contribution in [0.3, 0.4) is 0 Å². The minimum absolute atomic E-state index is 0.0573. The maximum absolute atomic E-state index is 12.2. The number of nitrogens with zero attached hydrogens (tertiary/aromatic N) is 1. The van der Waals surface area contributed by atoms with Crippen molar-refractivity contribution in [1.82, 2.24) is 10.2 Å². The molecular weight excluding hydrogens is 240 g/mol. The highest BCUT2D eigenvalue weighted by Crippen LogP contribution is 2.21. The molecule has 2 N–H and O–H groups in total. The molecule has 4 heteroatoms. The smallest absolute Gasteiger partial charge is 0.236 e. The summed E-state index contributed by atoms with van der Waals surface area (Å²) in [6.45, 7) is 8.76. The van der Waals surface area contributed by atoms with Crippen LogP contribution in [0.15, 0.2) is 0 Å². The number of rotatable bonds is 5. The lowest BCUT2D eigenvalue weighted by Crippen LogP contribution is -2.47. The van der Waals surface area contributed by atoms with Crippen LogP contribution in [0.4, 0.5) is 0 Å². The average Bonchev–Trinajstić information content (AvgIpc) is 2.61. The van der Waals surface area contributed by atoms with Crippen molar-refractivity contribution < 1.29 is 9.90 Å². The Labute approximate surface area is 117 Å². The van der Waals surface area contributed by atoms with Crippen molar-refractivity contribution in [3.05, 3.63) is 0 Å². The molecule has 0 spiro atoms. The van der Waals surface area contributed by atoms with Crippen molar-refractivity contribution in [1.29, 1.82) is 0 Å². The molecule has 1 aliphatic rings. The first-order valence-corrected chi connectivity index (χ1v) is 7.57. The Morgan fingerprint density at radius 2 is 1.79 bits per heavy atom. The molecule has 1 amide bonds. The largest absolute Gasteiger partial charge is 0.396 e. The SMILES string of the molecule is CC(C)(C)C(CCO)NCC(=O)N1CCCCCC1. The van der Waals surface area contributed by atoms with E-state index in [1.165, 1.54) is 12.8 Å². The first-order chi connectivity index (χ1) is 8.95. The van der Waals surface area contributed by atoms with Gasteiger partial charge in [0.1, 0.15) is 0 Å². The second-order valence-electron chi connectivity index (χ2n) is 6.61. The lowest BCUT2D eigenvalue weighted by atomic mass is 9.85. The molecule has 4 nitrogen and oxygen atoms in total. The summed E-state index contributed by atoms with van der Waals surface area (Å²) in [4.78, 5) is 14.2. The van der Waals surface area contributed by atoms with Gasteiger partial charge in [-0.2, -0.15) is 0 Å². The monoisotopic (exact) mass is 270 g/mol. The lowest BCUT2D eigenvalue weighted by Gasteiger charge is -2.32. The minimum atomic E-state index is 0.0573. The lowest BCUT2D eigenvalue weighted by molar-refractivity contribution is -0.130. The first kappa shape index (κ1) is 16.4. The molecule has 0 bridgehead atoms. The van der Waals surface area contributed by atoms with Gasteiger partial charge in [-0.15, -0.1) is 0 Å². The van der Waals surface area contributed by atoms with E-state index in [0.717, 1.165) is 25.9 Å². The standard InChI is InChI=1S/C15H30N2O2/c1-15(2,3)13(8-11-18)16-12-14(19)17-9-6-4-5-7-10-17/h13,16,18H,4-12H2,1-3H3. The maximum atomic E-state index is 12.2. The van der Waals surface area contributed by atoms with Crippen LogP contribution >= 0.6 is 0 Å². The Balaban J connectivity index is 2.42. The van der Waals surface area contributed by atoms with Gasteiger partial charge in [-0.25, -0.2) is 0 Å². The third-order valence-electron chi connectivity index (χ3n) is 3.92. The second kappa shape index (κ2) is 7.85. The molecule has 1 fully saturated rings. The number of amides is 1. The van der Waals surface area contributed by atoms with E-state index < -0.39 is 0 Å². The van der Waals surface area contributed by atoms with Gasteiger partial charge in [0.2, 0.25) is 5.91 Å². The van der Waals surface area contributed by atoms with Crippen LogP contribution in [0.5, 0.6) is 0 Å². The van der Waals surface area contributed by atoms with Gasteiger partial charge in [-0.3, -0.25) is 4.79 Å². The summed E-state index contributed by atoms with van der Waals surface area (Å²) >= 11 is 0. The van der Waals surface area contributed by atoms with Gasteiger partial charge in [-0.05, 0) is 24.7 Å². The summed E-state index contributed by atoms with van der Waals surface area (Å²) in [6, 6.07) is 0.174.